The summed E-state index contributed by atoms with van der Waals surface area (Å²) in [7, 11) is 0. The summed E-state index contributed by atoms with van der Waals surface area (Å²) in [6, 6.07) is 7.62. The number of benzene rings is 1. The van der Waals surface area contributed by atoms with Crippen LogP contribution in [0.2, 0.25) is 5.02 Å². The fraction of sp³-hybridized carbons (Fsp3) is 0.421. The van der Waals surface area contributed by atoms with E-state index in [0.29, 0.717) is 29.7 Å². The van der Waals surface area contributed by atoms with Gasteiger partial charge in [-0.25, -0.2) is 4.68 Å². The minimum Gasteiger partial charge on any atom is -0.353 e. The SMILES string of the molecule is O=C(NC1CC1)C1CCCN(C(=O)c2cnn(-c3ccc(Cl)cc3)c2)C1. The molecular weight excluding hydrogens is 352 g/mol. The van der Waals surface area contributed by atoms with Crippen LogP contribution < -0.4 is 5.32 Å². The average Bonchev–Trinajstić information content (AvgIpc) is 3.34. The molecule has 1 aliphatic carbocycles. The van der Waals surface area contributed by atoms with Crippen LogP contribution in [0.4, 0.5) is 0 Å². The van der Waals surface area contributed by atoms with Gasteiger partial charge in [0.1, 0.15) is 0 Å². The Morgan fingerprint density at radius 2 is 1.92 bits per heavy atom. The van der Waals surface area contributed by atoms with Gasteiger partial charge in [0.25, 0.3) is 5.91 Å². The van der Waals surface area contributed by atoms with E-state index < -0.39 is 0 Å². The highest BCUT2D eigenvalue weighted by atomic mass is 35.5. The van der Waals surface area contributed by atoms with Gasteiger partial charge in [0, 0.05) is 30.4 Å². The number of halogens is 1. The predicted molar refractivity (Wildman–Crippen MR) is 98.4 cm³/mol. The number of aromatic nitrogens is 2. The van der Waals surface area contributed by atoms with Crippen LogP contribution in [0.5, 0.6) is 0 Å². The van der Waals surface area contributed by atoms with Crippen molar-refractivity contribution in [1.29, 1.82) is 0 Å². The van der Waals surface area contributed by atoms with Gasteiger partial charge in [-0.2, -0.15) is 5.10 Å². The Kier molecular flexibility index (Phi) is 4.68. The van der Waals surface area contributed by atoms with Crippen LogP contribution in [0, 0.1) is 5.92 Å². The van der Waals surface area contributed by atoms with E-state index in [9.17, 15) is 9.59 Å². The van der Waals surface area contributed by atoms with Crippen molar-refractivity contribution in [3.63, 3.8) is 0 Å². The first-order valence-electron chi connectivity index (χ1n) is 9.00. The Morgan fingerprint density at radius 3 is 2.65 bits per heavy atom. The molecule has 2 amide bonds. The Morgan fingerprint density at radius 1 is 1.15 bits per heavy atom. The number of amides is 2. The zero-order valence-electron chi connectivity index (χ0n) is 14.4. The monoisotopic (exact) mass is 372 g/mol. The molecule has 0 spiro atoms. The van der Waals surface area contributed by atoms with Gasteiger partial charge < -0.3 is 10.2 Å². The maximum atomic E-state index is 12.8. The number of carbonyl (C=O) groups excluding carboxylic acids is 2. The van der Waals surface area contributed by atoms with E-state index in [-0.39, 0.29) is 17.7 Å². The first kappa shape index (κ1) is 17.1. The van der Waals surface area contributed by atoms with E-state index in [4.69, 9.17) is 11.6 Å². The second kappa shape index (κ2) is 7.11. The van der Waals surface area contributed by atoms with Crippen molar-refractivity contribution in [1.82, 2.24) is 20.0 Å². The number of hydrogen-bond donors (Lipinski definition) is 1. The van der Waals surface area contributed by atoms with Gasteiger partial charge in [-0.3, -0.25) is 9.59 Å². The van der Waals surface area contributed by atoms with Crippen LogP contribution in [0.1, 0.15) is 36.0 Å². The number of piperidine rings is 1. The van der Waals surface area contributed by atoms with E-state index >= 15 is 0 Å². The van der Waals surface area contributed by atoms with Gasteiger partial charge in [0.15, 0.2) is 0 Å². The molecule has 7 heteroatoms. The summed E-state index contributed by atoms with van der Waals surface area (Å²) < 4.78 is 1.66. The number of carbonyl (C=O) groups is 2. The van der Waals surface area contributed by atoms with Crippen LogP contribution >= 0.6 is 11.6 Å². The molecule has 2 heterocycles. The van der Waals surface area contributed by atoms with Gasteiger partial charge in [-0.05, 0) is 49.9 Å². The van der Waals surface area contributed by atoms with E-state index in [1.807, 2.05) is 12.1 Å². The first-order chi connectivity index (χ1) is 12.6. The van der Waals surface area contributed by atoms with Crippen LogP contribution in [0.25, 0.3) is 5.69 Å². The standard InChI is InChI=1S/C19H21ClN4O2/c20-15-3-7-17(8-4-15)24-12-14(10-21-24)19(26)23-9-1-2-13(11-23)18(25)22-16-5-6-16/h3-4,7-8,10,12-13,16H,1-2,5-6,9,11H2,(H,22,25). The molecule has 4 rings (SSSR count). The van der Waals surface area contributed by atoms with Crippen molar-refractivity contribution in [2.75, 3.05) is 13.1 Å². The zero-order valence-corrected chi connectivity index (χ0v) is 15.2. The molecule has 2 fully saturated rings. The number of nitrogens with one attached hydrogen (secondary N) is 1. The van der Waals surface area contributed by atoms with Crippen LogP contribution in [0.3, 0.4) is 0 Å². The minimum absolute atomic E-state index is 0.0749. The lowest BCUT2D eigenvalue weighted by molar-refractivity contribution is -0.126. The topological polar surface area (TPSA) is 67.2 Å². The number of nitrogens with zero attached hydrogens (tertiary/aromatic N) is 3. The predicted octanol–water partition coefficient (Wildman–Crippen LogP) is 2.66. The summed E-state index contributed by atoms with van der Waals surface area (Å²) in [5.41, 5.74) is 1.37. The maximum Gasteiger partial charge on any atom is 0.257 e. The molecule has 0 radical (unpaired) electrons. The smallest absolute Gasteiger partial charge is 0.257 e. The van der Waals surface area contributed by atoms with Crippen LogP contribution in [-0.2, 0) is 4.79 Å². The summed E-state index contributed by atoms with van der Waals surface area (Å²) in [6.07, 6.45) is 7.13. The Labute approximate surface area is 157 Å². The lowest BCUT2D eigenvalue weighted by Crippen LogP contribution is -2.45. The molecule has 2 aliphatic rings. The summed E-state index contributed by atoms with van der Waals surface area (Å²) in [5, 5.41) is 7.98. The van der Waals surface area contributed by atoms with Crippen molar-refractivity contribution in [3.05, 3.63) is 47.2 Å². The summed E-state index contributed by atoms with van der Waals surface area (Å²) >= 11 is 5.91. The molecule has 2 aromatic rings. The summed E-state index contributed by atoms with van der Waals surface area (Å²) in [6.45, 7) is 1.15. The highest BCUT2D eigenvalue weighted by Crippen LogP contribution is 2.23. The molecule has 1 saturated carbocycles. The molecule has 1 saturated heterocycles. The third-order valence-corrected chi connectivity index (χ3v) is 5.18. The largest absolute Gasteiger partial charge is 0.353 e. The maximum absolute atomic E-state index is 12.8. The normalized spacial score (nSPS) is 20.0. The number of rotatable bonds is 4. The molecule has 1 atom stereocenters. The minimum atomic E-state index is -0.111. The second-order valence-electron chi connectivity index (χ2n) is 7.02. The van der Waals surface area contributed by atoms with Crippen molar-refractivity contribution < 1.29 is 9.59 Å². The molecule has 1 unspecified atom stereocenters. The van der Waals surface area contributed by atoms with Gasteiger partial charge >= 0.3 is 0 Å². The quantitative estimate of drug-likeness (QED) is 0.897. The molecule has 26 heavy (non-hydrogen) atoms. The highest BCUT2D eigenvalue weighted by Gasteiger charge is 2.32. The van der Waals surface area contributed by atoms with E-state index in [0.717, 1.165) is 31.4 Å². The molecule has 0 bridgehead atoms. The number of likely N-dealkylation sites (tertiary alicyclic amines) is 1. The van der Waals surface area contributed by atoms with E-state index in [2.05, 4.69) is 10.4 Å². The lowest BCUT2D eigenvalue weighted by atomic mass is 9.96. The van der Waals surface area contributed by atoms with Gasteiger partial charge in [-0.1, -0.05) is 11.6 Å². The van der Waals surface area contributed by atoms with Gasteiger partial charge in [-0.15, -0.1) is 0 Å². The average molecular weight is 373 g/mol. The fourth-order valence-corrected chi connectivity index (χ4v) is 3.40. The lowest BCUT2D eigenvalue weighted by Gasteiger charge is -2.31. The molecule has 1 aromatic heterocycles. The fourth-order valence-electron chi connectivity index (χ4n) is 3.27. The third-order valence-electron chi connectivity index (χ3n) is 4.92. The summed E-state index contributed by atoms with van der Waals surface area (Å²) in [5.74, 6) is -0.101. The molecule has 1 aliphatic heterocycles. The third kappa shape index (κ3) is 3.75. The molecule has 1 aromatic carbocycles. The van der Waals surface area contributed by atoms with Gasteiger partial charge in [0.2, 0.25) is 5.91 Å². The first-order valence-corrected chi connectivity index (χ1v) is 9.38. The molecule has 6 nitrogen and oxygen atoms in total. The second-order valence-corrected chi connectivity index (χ2v) is 7.46. The highest BCUT2D eigenvalue weighted by molar-refractivity contribution is 6.30. The van der Waals surface area contributed by atoms with Crippen LogP contribution in [0.15, 0.2) is 36.7 Å². The Balaban J connectivity index is 1.43. The van der Waals surface area contributed by atoms with Crippen molar-refractivity contribution >= 4 is 23.4 Å². The summed E-state index contributed by atoms with van der Waals surface area (Å²) in [4.78, 5) is 26.9. The number of hydrogen-bond acceptors (Lipinski definition) is 3. The Hall–Kier alpha value is -2.34. The zero-order chi connectivity index (χ0) is 18.1. The van der Waals surface area contributed by atoms with Crippen molar-refractivity contribution in [3.8, 4) is 5.69 Å². The Bertz CT molecular complexity index is 813. The van der Waals surface area contributed by atoms with Gasteiger partial charge in [0.05, 0.1) is 23.4 Å². The molecule has 136 valence electrons. The van der Waals surface area contributed by atoms with Crippen molar-refractivity contribution in [2.45, 2.75) is 31.7 Å². The molecule has 1 N–H and O–H groups in total. The van der Waals surface area contributed by atoms with Crippen molar-refractivity contribution in [2.24, 2.45) is 5.92 Å². The molecular formula is C19H21ClN4O2. The van der Waals surface area contributed by atoms with E-state index in [1.54, 1.807) is 34.1 Å². The van der Waals surface area contributed by atoms with E-state index in [1.165, 1.54) is 0 Å². The van der Waals surface area contributed by atoms with Crippen LogP contribution in [-0.4, -0.2) is 45.6 Å².